The zero-order valence-electron chi connectivity index (χ0n) is 15.9. The maximum absolute atomic E-state index is 12.6. The van der Waals surface area contributed by atoms with Crippen LogP contribution in [-0.2, 0) is 16.1 Å². The quantitative estimate of drug-likeness (QED) is 0.448. The number of nitrogens with zero attached hydrogens (tertiary/aromatic N) is 4. The zero-order chi connectivity index (χ0) is 20.4. The maximum atomic E-state index is 12.6. The van der Waals surface area contributed by atoms with Gasteiger partial charge in [-0.1, -0.05) is 18.2 Å². The predicted molar refractivity (Wildman–Crippen MR) is 107 cm³/mol. The second-order valence-corrected chi connectivity index (χ2v) is 7.47. The van der Waals surface area contributed by atoms with Crippen molar-refractivity contribution in [3.8, 4) is 10.8 Å². The number of aryl methyl sites for hydroxylation is 2. The number of rotatable bonds is 6. The maximum Gasteiger partial charge on any atom is 0.308 e. The van der Waals surface area contributed by atoms with E-state index >= 15 is 0 Å². The van der Waals surface area contributed by atoms with E-state index in [-0.39, 0.29) is 24.4 Å². The van der Waals surface area contributed by atoms with E-state index < -0.39 is 12.1 Å². The third kappa shape index (κ3) is 3.95. The molecule has 0 spiro atoms. The number of benzene rings is 1. The monoisotopic (exact) mass is 410 g/mol. The minimum atomic E-state index is -0.683. The summed E-state index contributed by atoms with van der Waals surface area (Å²) in [6, 6.07) is 9.21. The number of thiophene rings is 1. The number of esters is 1. The highest BCUT2D eigenvalue weighted by molar-refractivity contribution is 7.13. The van der Waals surface area contributed by atoms with Crippen LogP contribution in [0.15, 0.2) is 51.3 Å². The van der Waals surface area contributed by atoms with Crippen molar-refractivity contribution >= 4 is 28.2 Å². The highest BCUT2D eigenvalue weighted by Crippen LogP contribution is 2.25. The predicted octanol–water partition coefficient (Wildman–Crippen LogP) is 3.51. The smallest absolute Gasteiger partial charge is 0.308 e. The van der Waals surface area contributed by atoms with Crippen molar-refractivity contribution in [2.45, 2.75) is 32.9 Å². The molecule has 1 atom stereocenters. The first-order chi connectivity index (χ1) is 14.0. The first-order valence-corrected chi connectivity index (χ1v) is 9.92. The summed E-state index contributed by atoms with van der Waals surface area (Å²) in [6.07, 6.45) is 0.798. The van der Waals surface area contributed by atoms with Crippen molar-refractivity contribution in [1.29, 1.82) is 0 Å². The number of hydrogen-bond acceptors (Lipinski definition) is 8. The van der Waals surface area contributed by atoms with Gasteiger partial charge in [0.2, 0.25) is 0 Å². The van der Waals surface area contributed by atoms with Crippen LogP contribution < -0.4 is 5.56 Å². The fourth-order valence-corrected chi connectivity index (χ4v) is 3.56. The molecule has 0 fully saturated rings. The number of carbonyl (C=O) groups is 1. The Balaban J connectivity index is 1.40. The zero-order valence-corrected chi connectivity index (χ0v) is 16.7. The van der Waals surface area contributed by atoms with Gasteiger partial charge in [-0.2, -0.15) is 0 Å². The van der Waals surface area contributed by atoms with E-state index in [9.17, 15) is 9.59 Å². The second-order valence-electron chi connectivity index (χ2n) is 6.52. The Morgan fingerprint density at radius 2 is 2.14 bits per heavy atom. The largest absolute Gasteiger partial charge is 0.453 e. The number of ether oxygens (including phenoxy) is 1. The summed E-state index contributed by atoms with van der Waals surface area (Å²) in [5.41, 5.74) is 1.42. The summed E-state index contributed by atoms with van der Waals surface area (Å²) in [7, 11) is 0. The van der Waals surface area contributed by atoms with Gasteiger partial charge in [-0.05, 0) is 36.9 Å². The molecule has 4 aromatic rings. The molecule has 0 amide bonds. The molecule has 3 heterocycles. The van der Waals surface area contributed by atoms with Gasteiger partial charge in [-0.25, -0.2) is 4.98 Å². The van der Waals surface area contributed by atoms with Crippen LogP contribution in [0.3, 0.4) is 0 Å². The van der Waals surface area contributed by atoms with Crippen LogP contribution in [0.25, 0.3) is 21.7 Å². The molecule has 1 aromatic carbocycles. The molecule has 1 unspecified atom stereocenters. The molecule has 0 bridgehead atoms. The number of carbonyl (C=O) groups excluding carboxylic acids is 1. The Kier molecular flexibility index (Phi) is 5.22. The van der Waals surface area contributed by atoms with Gasteiger partial charge in [0, 0.05) is 6.54 Å². The summed E-state index contributed by atoms with van der Waals surface area (Å²) in [6.45, 7) is 3.74. The third-order valence-electron chi connectivity index (χ3n) is 4.44. The molecule has 0 aliphatic heterocycles. The first-order valence-electron chi connectivity index (χ1n) is 9.04. The SMILES string of the molecule is Cc1cccc2c(=O)n(CCC(=O)OC(C)c3nnc(-c4cccs4)o3)cnc12. The Hall–Kier alpha value is -3.33. The highest BCUT2D eigenvalue weighted by Gasteiger charge is 2.19. The lowest BCUT2D eigenvalue weighted by atomic mass is 10.1. The lowest BCUT2D eigenvalue weighted by Gasteiger charge is -2.10. The van der Waals surface area contributed by atoms with Gasteiger partial charge in [0.15, 0.2) is 6.10 Å². The van der Waals surface area contributed by atoms with Gasteiger partial charge < -0.3 is 9.15 Å². The van der Waals surface area contributed by atoms with Crippen LogP contribution >= 0.6 is 11.3 Å². The Morgan fingerprint density at radius 3 is 2.93 bits per heavy atom. The molecule has 3 aromatic heterocycles. The first kappa shape index (κ1) is 19.0. The van der Waals surface area contributed by atoms with Crippen LogP contribution in [0.4, 0.5) is 0 Å². The van der Waals surface area contributed by atoms with E-state index in [1.807, 2.05) is 36.6 Å². The molecule has 9 heteroatoms. The average molecular weight is 410 g/mol. The summed E-state index contributed by atoms with van der Waals surface area (Å²) in [4.78, 5) is 30.0. The van der Waals surface area contributed by atoms with Crippen LogP contribution in [0, 0.1) is 6.92 Å². The molecule has 29 heavy (non-hydrogen) atoms. The van der Waals surface area contributed by atoms with Crippen LogP contribution in [0.1, 0.15) is 30.9 Å². The standard InChI is InChI=1S/C20H18N4O4S/c1-12-5-3-6-14-17(12)21-11-24(20(14)26)9-8-16(25)27-13(2)18-22-23-19(28-18)15-7-4-10-29-15/h3-7,10-11,13H,8-9H2,1-2H3. The number of hydrogen-bond donors (Lipinski definition) is 0. The molecule has 0 radical (unpaired) electrons. The molecule has 0 saturated carbocycles. The van der Waals surface area contributed by atoms with E-state index in [0.29, 0.717) is 16.8 Å². The van der Waals surface area contributed by atoms with E-state index in [0.717, 1.165) is 10.4 Å². The Bertz CT molecular complexity index is 1210. The topological polar surface area (TPSA) is 100 Å². The lowest BCUT2D eigenvalue weighted by molar-refractivity contribution is -0.149. The van der Waals surface area contributed by atoms with E-state index in [2.05, 4.69) is 15.2 Å². The highest BCUT2D eigenvalue weighted by atomic mass is 32.1. The molecular weight excluding hydrogens is 392 g/mol. The second kappa shape index (κ2) is 7.96. The van der Waals surface area contributed by atoms with E-state index in [1.54, 1.807) is 13.0 Å². The Morgan fingerprint density at radius 1 is 1.28 bits per heavy atom. The van der Waals surface area contributed by atoms with Gasteiger partial charge >= 0.3 is 5.97 Å². The molecule has 0 aliphatic rings. The lowest BCUT2D eigenvalue weighted by Crippen LogP contribution is -2.23. The normalized spacial score (nSPS) is 12.2. The van der Waals surface area contributed by atoms with Gasteiger partial charge in [-0.15, -0.1) is 21.5 Å². The molecule has 0 N–H and O–H groups in total. The molecule has 4 rings (SSSR count). The van der Waals surface area contributed by atoms with Gasteiger partial charge in [0.05, 0.1) is 28.5 Å². The Labute approximate surface area is 169 Å². The summed E-state index contributed by atoms with van der Waals surface area (Å²) in [5, 5.41) is 10.4. The fraction of sp³-hybridized carbons (Fsp3) is 0.250. The molecule has 8 nitrogen and oxygen atoms in total. The van der Waals surface area contributed by atoms with Crippen molar-refractivity contribution in [3.63, 3.8) is 0 Å². The third-order valence-corrected chi connectivity index (χ3v) is 5.30. The van der Waals surface area contributed by atoms with Crippen LogP contribution in [-0.4, -0.2) is 25.7 Å². The van der Waals surface area contributed by atoms with Crippen molar-refractivity contribution in [2.24, 2.45) is 0 Å². The fourth-order valence-electron chi connectivity index (χ4n) is 2.91. The van der Waals surface area contributed by atoms with Crippen LogP contribution in [0.2, 0.25) is 0 Å². The number of aromatic nitrogens is 4. The van der Waals surface area contributed by atoms with Gasteiger partial charge in [-0.3, -0.25) is 14.2 Å². The van der Waals surface area contributed by atoms with Crippen LogP contribution in [0.5, 0.6) is 0 Å². The summed E-state index contributed by atoms with van der Waals surface area (Å²) < 4.78 is 12.4. The molecule has 0 aliphatic carbocycles. The number of para-hydroxylation sites is 1. The van der Waals surface area contributed by atoms with Crippen molar-refractivity contribution < 1.29 is 13.9 Å². The van der Waals surface area contributed by atoms with Crippen molar-refractivity contribution in [1.82, 2.24) is 19.7 Å². The van der Waals surface area contributed by atoms with Gasteiger partial charge in [0.25, 0.3) is 17.3 Å². The number of fused-ring (bicyclic) bond motifs is 1. The summed E-state index contributed by atoms with van der Waals surface area (Å²) in [5.74, 6) is 0.147. The summed E-state index contributed by atoms with van der Waals surface area (Å²) >= 11 is 1.48. The van der Waals surface area contributed by atoms with Gasteiger partial charge in [0.1, 0.15) is 0 Å². The minimum absolute atomic E-state index is 0.0230. The van der Waals surface area contributed by atoms with E-state index in [1.165, 1.54) is 22.2 Å². The molecular formula is C20H18N4O4S. The molecule has 148 valence electrons. The van der Waals surface area contributed by atoms with Crippen molar-refractivity contribution in [2.75, 3.05) is 0 Å². The minimum Gasteiger partial charge on any atom is -0.453 e. The average Bonchev–Trinajstić information content (AvgIpc) is 3.40. The van der Waals surface area contributed by atoms with Crippen molar-refractivity contribution in [3.05, 3.63) is 63.8 Å². The molecule has 0 saturated heterocycles. The van der Waals surface area contributed by atoms with E-state index in [4.69, 9.17) is 9.15 Å².